The zero-order valence-electron chi connectivity index (χ0n) is 30.9. The number of amides is 4. The summed E-state index contributed by atoms with van der Waals surface area (Å²) in [7, 11) is 1.51. The third-order valence-corrected chi connectivity index (χ3v) is 6.40. The maximum absolute atomic E-state index is 13.7. The van der Waals surface area contributed by atoms with Crippen LogP contribution >= 0.6 is 0 Å². The van der Waals surface area contributed by atoms with Crippen molar-refractivity contribution in [1.29, 1.82) is 0 Å². The molecule has 0 saturated heterocycles. The van der Waals surface area contributed by atoms with Gasteiger partial charge < -0.3 is 45.0 Å². The third-order valence-electron chi connectivity index (χ3n) is 6.40. The second-order valence-electron chi connectivity index (χ2n) is 13.5. The SMILES string of the molecule is COCCOCCNC(=O)[C@H](CC(=O)OC(C)(C)C)NC(=O)[C@H](CC(=O)OC(C)(C)C)NC(=O)[C@H](CCC(=O)OCc1ccccc1)NC(C)=O. The van der Waals surface area contributed by atoms with Crippen LogP contribution in [0.2, 0.25) is 0 Å². The number of rotatable bonds is 21. The van der Waals surface area contributed by atoms with E-state index in [0.717, 1.165) is 5.56 Å². The van der Waals surface area contributed by atoms with Gasteiger partial charge in [0.25, 0.3) is 0 Å². The summed E-state index contributed by atoms with van der Waals surface area (Å²) in [5.74, 6) is -5.53. The Morgan fingerprint density at radius 1 is 0.667 bits per heavy atom. The lowest BCUT2D eigenvalue weighted by Gasteiger charge is -2.26. The van der Waals surface area contributed by atoms with Crippen molar-refractivity contribution < 1.29 is 57.2 Å². The van der Waals surface area contributed by atoms with Crippen LogP contribution in [0.4, 0.5) is 0 Å². The van der Waals surface area contributed by atoms with Crippen LogP contribution in [0.15, 0.2) is 30.3 Å². The Bertz CT molecular complexity index is 1310. The van der Waals surface area contributed by atoms with Gasteiger partial charge >= 0.3 is 17.9 Å². The first-order valence-electron chi connectivity index (χ1n) is 16.6. The molecule has 0 saturated carbocycles. The number of benzene rings is 1. The number of hydrogen-bond acceptors (Lipinski definition) is 12. The predicted octanol–water partition coefficient (Wildman–Crippen LogP) is 1.23. The second-order valence-corrected chi connectivity index (χ2v) is 13.5. The Hall–Kier alpha value is -4.57. The average Bonchev–Trinajstić information content (AvgIpc) is 3.01. The smallest absolute Gasteiger partial charge is 0.308 e. The number of esters is 3. The summed E-state index contributed by atoms with van der Waals surface area (Å²) < 4.78 is 26.2. The van der Waals surface area contributed by atoms with Gasteiger partial charge in [0.15, 0.2) is 0 Å². The van der Waals surface area contributed by atoms with Crippen LogP contribution in [-0.2, 0) is 63.9 Å². The van der Waals surface area contributed by atoms with Crippen molar-refractivity contribution in [3.63, 3.8) is 0 Å². The normalized spacial score (nSPS) is 13.1. The van der Waals surface area contributed by atoms with E-state index < -0.39 is 83.7 Å². The van der Waals surface area contributed by atoms with Crippen molar-refractivity contribution >= 4 is 41.5 Å². The molecule has 4 N–H and O–H groups in total. The minimum absolute atomic E-state index is 0.00763. The largest absolute Gasteiger partial charge is 0.461 e. The van der Waals surface area contributed by atoms with E-state index in [1.165, 1.54) is 14.0 Å². The highest BCUT2D eigenvalue weighted by Crippen LogP contribution is 2.13. The van der Waals surface area contributed by atoms with Crippen LogP contribution in [0.3, 0.4) is 0 Å². The molecular formula is C35H54N4O12. The van der Waals surface area contributed by atoms with Crippen LogP contribution in [0.5, 0.6) is 0 Å². The van der Waals surface area contributed by atoms with Crippen molar-refractivity contribution in [2.24, 2.45) is 0 Å². The maximum Gasteiger partial charge on any atom is 0.308 e. The zero-order chi connectivity index (χ0) is 38.6. The molecule has 0 aromatic heterocycles. The van der Waals surface area contributed by atoms with E-state index >= 15 is 0 Å². The molecule has 0 spiro atoms. The molecular weight excluding hydrogens is 668 g/mol. The molecule has 51 heavy (non-hydrogen) atoms. The van der Waals surface area contributed by atoms with Gasteiger partial charge in [0.1, 0.15) is 35.9 Å². The Balaban J connectivity index is 3.18. The van der Waals surface area contributed by atoms with Crippen molar-refractivity contribution in [2.45, 2.75) is 110 Å². The summed E-state index contributed by atoms with van der Waals surface area (Å²) in [5.41, 5.74) is -1.07. The predicted molar refractivity (Wildman–Crippen MR) is 184 cm³/mol. The molecule has 1 aromatic rings. The second kappa shape index (κ2) is 22.3. The van der Waals surface area contributed by atoms with Gasteiger partial charge in [-0.1, -0.05) is 30.3 Å². The monoisotopic (exact) mass is 722 g/mol. The van der Waals surface area contributed by atoms with Gasteiger partial charge in [-0.2, -0.15) is 0 Å². The van der Waals surface area contributed by atoms with Gasteiger partial charge in [0, 0.05) is 27.0 Å². The number of carbonyl (C=O) groups is 7. The van der Waals surface area contributed by atoms with E-state index in [1.807, 2.05) is 6.07 Å². The lowest BCUT2D eigenvalue weighted by molar-refractivity contribution is -0.158. The van der Waals surface area contributed by atoms with Gasteiger partial charge in [-0.05, 0) is 53.5 Å². The number of ether oxygens (including phenoxy) is 5. The molecule has 0 bridgehead atoms. The quantitative estimate of drug-likeness (QED) is 0.0802. The highest BCUT2D eigenvalue weighted by molar-refractivity contribution is 5.97. The first kappa shape index (κ1) is 44.5. The minimum atomic E-state index is -1.63. The highest BCUT2D eigenvalue weighted by atomic mass is 16.6. The molecule has 0 heterocycles. The standard InChI is InChI=1S/C35H54N4O12/c1-23(40)37-25(14-15-28(41)49-22-24-12-10-9-11-13-24)32(45)39-27(21-30(43)51-35(5,6)7)33(46)38-26(20-29(42)50-34(2,3)4)31(44)36-16-17-48-19-18-47-8/h9-13,25-27H,14-22H2,1-8H3,(H,36,44)(H,37,40)(H,38,46)(H,39,45)/t25-,26-,27-/m0/s1. The van der Waals surface area contributed by atoms with Crippen LogP contribution < -0.4 is 21.3 Å². The van der Waals surface area contributed by atoms with E-state index in [0.29, 0.717) is 6.61 Å². The van der Waals surface area contributed by atoms with Crippen LogP contribution in [0.25, 0.3) is 0 Å². The van der Waals surface area contributed by atoms with Crippen LogP contribution in [0.1, 0.15) is 79.7 Å². The summed E-state index contributed by atoms with van der Waals surface area (Å²) in [6, 6.07) is 4.54. The summed E-state index contributed by atoms with van der Waals surface area (Å²) in [5, 5.41) is 9.88. The van der Waals surface area contributed by atoms with E-state index in [9.17, 15) is 33.6 Å². The average molecular weight is 723 g/mol. The van der Waals surface area contributed by atoms with Crippen molar-refractivity contribution in [3.05, 3.63) is 35.9 Å². The molecule has 1 aromatic carbocycles. The fourth-order valence-electron chi connectivity index (χ4n) is 4.26. The lowest BCUT2D eigenvalue weighted by Crippen LogP contribution is -2.57. The maximum atomic E-state index is 13.7. The number of methoxy groups -OCH3 is 1. The summed E-state index contributed by atoms with van der Waals surface area (Å²) in [6.45, 7) is 11.7. The Morgan fingerprint density at radius 3 is 1.71 bits per heavy atom. The van der Waals surface area contributed by atoms with Gasteiger partial charge in [-0.15, -0.1) is 0 Å². The fourth-order valence-corrected chi connectivity index (χ4v) is 4.26. The Morgan fingerprint density at radius 2 is 1.20 bits per heavy atom. The Labute approximate surface area is 299 Å². The first-order valence-corrected chi connectivity index (χ1v) is 16.6. The molecule has 3 atom stereocenters. The molecule has 1 rings (SSSR count). The van der Waals surface area contributed by atoms with Crippen molar-refractivity contribution in [2.75, 3.05) is 33.5 Å². The zero-order valence-corrected chi connectivity index (χ0v) is 30.9. The molecule has 16 nitrogen and oxygen atoms in total. The minimum Gasteiger partial charge on any atom is -0.461 e. The third kappa shape index (κ3) is 21.3. The number of carbonyl (C=O) groups excluding carboxylic acids is 7. The molecule has 0 aliphatic rings. The summed E-state index contributed by atoms with van der Waals surface area (Å²) in [4.78, 5) is 90.3. The van der Waals surface area contributed by atoms with E-state index in [1.54, 1.807) is 65.8 Å². The van der Waals surface area contributed by atoms with Gasteiger partial charge in [-0.3, -0.25) is 33.6 Å². The van der Waals surface area contributed by atoms with Gasteiger partial charge in [0.05, 0.1) is 32.7 Å². The van der Waals surface area contributed by atoms with Crippen LogP contribution in [0, 0.1) is 0 Å². The topological polar surface area (TPSA) is 214 Å². The molecule has 0 unspecified atom stereocenters. The van der Waals surface area contributed by atoms with E-state index in [-0.39, 0.29) is 39.2 Å². The Kier molecular flexibility index (Phi) is 19.4. The molecule has 0 aliphatic heterocycles. The molecule has 0 fully saturated rings. The number of nitrogens with one attached hydrogen (secondary N) is 4. The number of hydrogen-bond donors (Lipinski definition) is 4. The van der Waals surface area contributed by atoms with Crippen LogP contribution in [-0.4, -0.2) is 104 Å². The molecule has 16 heteroatoms. The molecule has 0 aliphatic carbocycles. The molecule has 0 radical (unpaired) electrons. The van der Waals surface area contributed by atoms with Gasteiger partial charge in [0.2, 0.25) is 23.6 Å². The van der Waals surface area contributed by atoms with Crippen molar-refractivity contribution in [3.8, 4) is 0 Å². The van der Waals surface area contributed by atoms with Crippen molar-refractivity contribution in [1.82, 2.24) is 21.3 Å². The van der Waals surface area contributed by atoms with Gasteiger partial charge in [-0.25, -0.2) is 0 Å². The van der Waals surface area contributed by atoms with E-state index in [2.05, 4.69) is 21.3 Å². The van der Waals surface area contributed by atoms with E-state index in [4.69, 9.17) is 23.7 Å². The summed E-state index contributed by atoms with van der Waals surface area (Å²) >= 11 is 0. The lowest BCUT2D eigenvalue weighted by atomic mass is 10.1. The first-order chi connectivity index (χ1) is 23.8. The fraction of sp³-hybridized carbons (Fsp3) is 0.629. The highest BCUT2D eigenvalue weighted by Gasteiger charge is 2.34. The summed E-state index contributed by atoms with van der Waals surface area (Å²) in [6.07, 6.45) is -1.71. The molecule has 286 valence electrons. The molecule has 4 amide bonds.